The predicted octanol–water partition coefficient (Wildman–Crippen LogP) is 1.21. The number of nitrogens with zero attached hydrogens (tertiary/aromatic N) is 4. The van der Waals surface area contributed by atoms with Crippen LogP contribution in [0, 0.1) is 5.92 Å². The number of benzene rings is 2. The van der Waals surface area contributed by atoms with Gasteiger partial charge in [0.15, 0.2) is 0 Å². The van der Waals surface area contributed by atoms with Crippen LogP contribution < -0.4 is 16.0 Å². The van der Waals surface area contributed by atoms with E-state index < -0.39 is 11.9 Å². The minimum Gasteiger partial charge on any atom is -0.480 e. The van der Waals surface area contributed by atoms with E-state index in [0.717, 1.165) is 11.1 Å². The molecule has 0 radical (unpaired) electrons. The lowest BCUT2D eigenvalue weighted by molar-refractivity contribution is -0.140. The van der Waals surface area contributed by atoms with Crippen molar-refractivity contribution in [2.75, 3.05) is 91.4 Å². The topological polar surface area (TPSA) is 175 Å². The van der Waals surface area contributed by atoms with Crippen LogP contribution >= 0.6 is 0 Å². The SMILES string of the molecule is CC(Cc1ccccc1)C(=O)NCCNC(=O)CCC(=O)Nc1ccc(C(CN2CCN(CC(=O)O)CCN(CC(=O)O)CC2)N(C)C)cc1. The molecule has 0 aromatic heterocycles. The highest BCUT2D eigenvalue weighted by atomic mass is 16.4. The molecule has 3 rings (SSSR count). The van der Waals surface area contributed by atoms with E-state index in [9.17, 15) is 34.2 Å². The predicted molar refractivity (Wildman–Crippen MR) is 191 cm³/mol. The van der Waals surface area contributed by atoms with Crippen molar-refractivity contribution in [3.63, 3.8) is 0 Å². The largest absolute Gasteiger partial charge is 0.480 e. The fourth-order valence-electron chi connectivity index (χ4n) is 5.83. The third-order valence-corrected chi connectivity index (χ3v) is 8.71. The molecule has 1 fully saturated rings. The molecule has 2 atom stereocenters. The standard InChI is InChI=1S/C36H53N7O7/c1-27(23-28-7-5-4-6-8-28)36(50)38-16-15-37-32(44)13-14-33(45)39-30-11-9-29(10-12-30)31(40(2)3)24-41-17-19-42(25-34(46)47)21-22-43(20-18-41)26-35(48)49/h4-12,27,31H,13-26H2,1-3H3,(H,37,44)(H,38,50)(H,39,45)(H,46,47)(H,48,49). The number of carbonyl (C=O) groups excluding carboxylic acids is 3. The van der Waals surface area contributed by atoms with Crippen LogP contribution in [0.25, 0.3) is 0 Å². The molecule has 1 aliphatic heterocycles. The number of likely N-dealkylation sites (N-methyl/N-ethyl adjacent to an activating group) is 1. The number of carbonyl (C=O) groups is 5. The van der Waals surface area contributed by atoms with E-state index in [2.05, 4.69) is 25.8 Å². The Morgan fingerprint density at radius 3 is 1.78 bits per heavy atom. The van der Waals surface area contributed by atoms with Crippen LogP contribution in [0.1, 0.15) is 36.9 Å². The van der Waals surface area contributed by atoms with Crippen molar-refractivity contribution < 1.29 is 34.2 Å². The smallest absolute Gasteiger partial charge is 0.317 e. The van der Waals surface area contributed by atoms with E-state index in [0.29, 0.717) is 64.5 Å². The zero-order chi connectivity index (χ0) is 36.5. The lowest BCUT2D eigenvalue weighted by Gasteiger charge is -2.33. The highest BCUT2D eigenvalue weighted by Gasteiger charge is 2.23. The molecule has 50 heavy (non-hydrogen) atoms. The number of hydrogen-bond acceptors (Lipinski definition) is 9. The number of aliphatic carboxylic acids is 2. The molecule has 2 unspecified atom stereocenters. The number of rotatable bonds is 18. The van der Waals surface area contributed by atoms with Gasteiger partial charge in [-0.1, -0.05) is 49.4 Å². The Bertz CT molecular complexity index is 1360. The van der Waals surface area contributed by atoms with E-state index in [-0.39, 0.29) is 62.2 Å². The van der Waals surface area contributed by atoms with Crippen LogP contribution in [0.2, 0.25) is 0 Å². The van der Waals surface area contributed by atoms with Gasteiger partial charge in [-0.15, -0.1) is 0 Å². The van der Waals surface area contributed by atoms with E-state index >= 15 is 0 Å². The summed E-state index contributed by atoms with van der Waals surface area (Å²) >= 11 is 0. The van der Waals surface area contributed by atoms with Gasteiger partial charge in [0.2, 0.25) is 17.7 Å². The highest BCUT2D eigenvalue weighted by molar-refractivity contribution is 5.93. The number of nitrogens with one attached hydrogen (secondary N) is 3. The molecule has 2 aromatic carbocycles. The maximum atomic E-state index is 12.6. The van der Waals surface area contributed by atoms with Crippen LogP contribution in [0.3, 0.4) is 0 Å². The van der Waals surface area contributed by atoms with Gasteiger partial charge in [0, 0.05) is 89.4 Å². The zero-order valence-electron chi connectivity index (χ0n) is 29.5. The first-order chi connectivity index (χ1) is 23.9. The van der Waals surface area contributed by atoms with Crippen LogP contribution in [0.4, 0.5) is 5.69 Å². The summed E-state index contributed by atoms with van der Waals surface area (Å²) in [7, 11) is 3.96. The fraction of sp³-hybridized carbons (Fsp3) is 0.528. The van der Waals surface area contributed by atoms with E-state index in [1.54, 1.807) is 0 Å². The van der Waals surface area contributed by atoms with E-state index in [1.807, 2.05) is 85.4 Å². The van der Waals surface area contributed by atoms with Crippen LogP contribution in [0.5, 0.6) is 0 Å². The van der Waals surface area contributed by atoms with E-state index in [4.69, 9.17) is 0 Å². The van der Waals surface area contributed by atoms with Crippen molar-refractivity contribution in [2.45, 2.75) is 32.2 Å². The maximum Gasteiger partial charge on any atom is 0.317 e. The molecule has 0 spiro atoms. The Balaban J connectivity index is 1.44. The summed E-state index contributed by atoms with van der Waals surface area (Å²) in [6.07, 6.45) is 0.675. The normalized spacial score (nSPS) is 16.0. The Morgan fingerprint density at radius 1 is 0.720 bits per heavy atom. The molecule has 3 amide bonds. The lowest BCUT2D eigenvalue weighted by Crippen LogP contribution is -2.42. The molecular formula is C36H53N7O7. The van der Waals surface area contributed by atoms with E-state index in [1.165, 1.54) is 0 Å². The Morgan fingerprint density at radius 2 is 1.24 bits per heavy atom. The molecule has 1 heterocycles. The average molecular weight is 696 g/mol. The van der Waals surface area contributed by atoms with Crippen LogP contribution in [-0.2, 0) is 30.4 Å². The molecule has 1 saturated heterocycles. The summed E-state index contributed by atoms with van der Waals surface area (Å²) < 4.78 is 0. The number of anilines is 1. The second kappa shape index (κ2) is 21.0. The lowest BCUT2D eigenvalue weighted by atomic mass is 10.0. The Kier molecular flexibility index (Phi) is 16.8. The second-order valence-corrected chi connectivity index (χ2v) is 13.0. The molecule has 274 valence electrons. The van der Waals surface area contributed by atoms with Gasteiger partial charge in [-0.3, -0.25) is 38.7 Å². The molecule has 2 aromatic rings. The first-order valence-corrected chi connectivity index (χ1v) is 17.1. The van der Waals surface area contributed by atoms with Gasteiger partial charge >= 0.3 is 11.9 Å². The maximum absolute atomic E-state index is 12.6. The minimum atomic E-state index is -0.913. The molecule has 5 N–H and O–H groups in total. The van der Waals surface area contributed by atoms with Crippen molar-refractivity contribution in [3.05, 3.63) is 65.7 Å². The molecule has 0 saturated carbocycles. The number of carboxylic acid groups (broad SMARTS) is 2. The zero-order valence-corrected chi connectivity index (χ0v) is 29.5. The Labute approximate surface area is 294 Å². The monoisotopic (exact) mass is 695 g/mol. The van der Waals surface area contributed by atoms with Crippen LogP contribution in [0.15, 0.2) is 54.6 Å². The van der Waals surface area contributed by atoms with Gasteiger partial charge in [0.1, 0.15) is 0 Å². The summed E-state index contributed by atoms with van der Waals surface area (Å²) in [4.78, 5) is 68.1. The van der Waals surface area contributed by atoms with Gasteiger partial charge in [0.05, 0.1) is 13.1 Å². The van der Waals surface area contributed by atoms with Gasteiger partial charge in [-0.05, 0) is 43.8 Å². The van der Waals surface area contributed by atoms with Crippen molar-refractivity contribution in [3.8, 4) is 0 Å². The number of amides is 3. The van der Waals surface area contributed by atoms with Crippen molar-refractivity contribution >= 4 is 35.3 Å². The van der Waals surface area contributed by atoms with Gasteiger partial charge in [-0.2, -0.15) is 0 Å². The average Bonchev–Trinajstić information content (AvgIpc) is 3.15. The highest BCUT2D eigenvalue weighted by Crippen LogP contribution is 2.22. The molecule has 0 bridgehead atoms. The van der Waals surface area contributed by atoms with Gasteiger partial charge < -0.3 is 31.1 Å². The molecule has 14 heteroatoms. The number of hydrogen-bond donors (Lipinski definition) is 5. The summed E-state index contributed by atoms with van der Waals surface area (Å²) in [5, 5.41) is 27.1. The Hall–Kier alpha value is -4.37. The van der Waals surface area contributed by atoms with Crippen LogP contribution in [-0.4, -0.2) is 146 Å². The fourth-order valence-corrected chi connectivity index (χ4v) is 5.83. The summed E-state index contributed by atoms with van der Waals surface area (Å²) in [6, 6.07) is 17.3. The summed E-state index contributed by atoms with van der Waals surface area (Å²) in [5.41, 5.74) is 2.73. The van der Waals surface area contributed by atoms with Crippen molar-refractivity contribution in [1.29, 1.82) is 0 Å². The van der Waals surface area contributed by atoms with Crippen molar-refractivity contribution in [2.24, 2.45) is 5.92 Å². The summed E-state index contributed by atoms with van der Waals surface area (Å²) in [6.45, 7) is 6.26. The molecule has 1 aliphatic rings. The third kappa shape index (κ3) is 15.0. The third-order valence-electron chi connectivity index (χ3n) is 8.71. The molecule has 14 nitrogen and oxygen atoms in total. The molecular weight excluding hydrogens is 642 g/mol. The van der Waals surface area contributed by atoms with Crippen molar-refractivity contribution in [1.82, 2.24) is 30.2 Å². The quantitative estimate of drug-likeness (QED) is 0.142. The minimum absolute atomic E-state index is 0.0121. The van der Waals surface area contributed by atoms with Gasteiger partial charge in [0.25, 0.3) is 0 Å². The molecule has 0 aliphatic carbocycles. The first-order valence-electron chi connectivity index (χ1n) is 17.1. The number of carboxylic acids is 2. The summed E-state index contributed by atoms with van der Waals surface area (Å²) in [5.74, 6) is -2.65. The first kappa shape index (κ1) is 40.1. The second-order valence-electron chi connectivity index (χ2n) is 13.0. The van der Waals surface area contributed by atoms with Gasteiger partial charge in [-0.25, -0.2) is 0 Å².